The lowest BCUT2D eigenvalue weighted by atomic mass is 9.73. The summed E-state index contributed by atoms with van der Waals surface area (Å²) in [5.41, 5.74) is 1.89. The van der Waals surface area contributed by atoms with Crippen LogP contribution in [0.25, 0.3) is 0 Å². The minimum Gasteiger partial charge on any atom is -0.393 e. The van der Waals surface area contributed by atoms with E-state index in [1.807, 2.05) is 0 Å². The molecule has 3 atom stereocenters. The van der Waals surface area contributed by atoms with Crippen LogP contribution in [-0.2, 0) is 0 Å². The van der Waals surface area contributed by atoms with Gasteiger partial charge in [0.2, 0.25) is 0 Å². The lowest BCUT2D eigenvalue weighted by molar-refractivity contribution is 0.132. The second kappa shape index (κ2) is 5.35. The molecule has 0 saturated heterocycles. The summed E-state index contributed by atoms with van der Waals surface area (Å²) < 4.78 is 0. The molecule has 3 unspecified atom stereocenters. The zero-order valence-electron chi connectivity index (χ0n) is 11.6. The van der Waals surface area contributed by atoms with Gasteiger partial charge in [-0.25, -0.2) is 0 Å². The summed E-state index contributed by atoms with van der Waals surface area (Å²) in [5.74, 6) is 1.47. The number of rotatable bonds is 5. The van der Waals surface area contributed by atoms with Crippen molar-refractivity contribution in [3.63, 3.8) is 0 Å². The Morgan fingerprint density at radius 3 is 2.50 bits per heavy atom. The molecular weight excluding hydrogens is 196 g/mol. The smallest absolute Gasteiger partial charge is 0.0537 e. The first kappa shape index (κ1) is 13.8. The Morgan fingerprint density at radius 1 is 1.44 bits per heavy atom. The Morgan fingerprint density at radius 2 is 2.06 bits per heavy atom. The first-order valence-corrected chi connectivity index (χ1v) is 6.73. The van der Waals surface area contributed by atoms with Gasteiger partial charge in [-0.1, -0.05) is 39.3 Å². The van der Waals surface area contributed by atoms with Gasteiger partial charge in [0.1, 0.15) is 0 Å². The third kappa shape index (κ3) is 3.35. The summed E-state index contributed by atoms with van der Waals surface area (Å²) in [6.45, 7) is 11.3. The van der Waals surface area contributed by atoms with E-state index in [9.17, 15) is 5.11 Å². The molecule has 0 saturated carbocycles. The van der Waals surface area contributed by atoms with E-state index >= 15 is 0 Å². The topological polar surface area (TPSA) is 20.2 Å². The molecule has 0 heterocycles. The van der Waals surface area contributed by atoms with Gasteiger partial charge >= 0.3 is 0 Å². The number of aliphatic hydroxyl groups excluding tert-OH is 1. The maximum atomic E-state index is 9.62. The lowest BCUT2D eigenvalue weighted by Gasteiger charge is -2.32. The molecule has 1 aliphatic rings. The molecule has 94 valence electrons. The zero-order chi connectivity index (χ0) is 12.3. The molecule has 0 aromatic carbocycles. The highest BCUT2D eigenvalue weighted by Gasteiger charge is 2.36. The molecule has 0 radical (unpaired) electrons. The lowest BCUT2D eigenvalue weighted by Crippen LogP contribution is -2.25. The van der Waals surface area contributed by atoms with Crippen molar-refractivity contribution in [1.29, 1.82) is 0 Å². The van der Waals surface area contributed by atoms with Gasteiger partial charge in [-0.3, -0.25) is 0 Å². The molecule has 16 heavy (non-hydrogen) atoms. The predicted molar refractivity (Wildman–Crippen MR) is 70.3 cm³/mol. The monoisotopic (exact) mass is 224 g/mol. The van der Waals surface area contributed by atoms with Crippen molar-refractivity contribution >= 4 is 0 Å². The standard InChI is InChI=1S/C15H28O/c1-6-13(16)8-7-12(3)14-9-11(2)10-15(14,4)5/h10,12-14,16H,6-9H2,1-5H3. The Hall–Kier alpha value is -0.300. The van der Waals surface area contributed by atoms with Crippen LogP contribution in [-0.4, -0.2) is 11.2 Å². The maximum Gasteiger partial charge on any atom is 0.0537 e. The molecule has 1 aliphatic carbocycles. The number of allylic oxidation sites excluding steroid dienone is 2. The van der Waals surface area contributed by atoms with Crippen LogP contribution in [0.5, 0.6) is 0 Å². The van der Waals surface area contributed by atoms with Crippen molar-refractivity contribution in [2.75, 3.05) is 0 Å². The third-order valence-electron chi connectivity index (χ3n) is 4.23. The molecule has 1 heteroatoms. The first-order valence-electron chi connectivity index (χ1n) is 6.73. The van der Waals surface area contributed by atoms with E-state index in [4.69, 9.17) is 0 Å². The van der Waals surface area contributed by atoms with Crippen molar-refractivity contribution < 1.29 is 5.11 Å². The van der Waals surface area contributed by atoms with Gasteiger partial charge in [0.05, 0.1) is 6.10 Å². The van der Waals surface area contributed by atoms with Crippen LogP contribution < -0.4 is 0 Å². The number of aliphatic hydroxyl groups is 1. The van der Waals surface area contributed by atoms with Crippen LogP contribution in [0.4, 0.5) is 0 Å². The quantitative estimate of drug-likeness (QED) is 0.695. The molecule has 0 bridgehead atoms. The molecule has 0 aromatic heterocycles. The molecule has 0 spiro atoms. The molecule has 1 nitrogen and oxygen atoms in total. The fourth-order valence-electron chi connectivity index (χ4n) is 3.21. The van der Waals surface area contributed by atoms with E-state index in [2.05, 4.69) is 40.7 Å². The Kier molecular flexibility index (Phi) is 4.61. The van der Waals surface area contributed by atoms with Gasteiger partial charge in [-0.15, -0.1) is 0 Å². The van der Waals surface area contributed by atoms with E-state index < -0.39 is 0 Å². The van der Waals surface area contributed by atoms with Crippen LogP contribution in [0, 0.1) is 17.3 Å². The number of hydrogen-bond acceptors (Lipinski definition) is 1. The zero-order valence-corrected chi connectivity index (χ0v) is 11.6. The normalized spacial score (nSPS) is 27.6. The van der Waals surface area contributed by atoms with Crippen LogP contribution in [0.1, 0.15) is 60.3 Å². The highest BCUT2D eigenvalue weighted by atomic mass is 16.3. The van der Waals surface area contributed by atoms with Crippen molar-refractivity contribution in [1.82, 2.24) is 0 Å². The van der Waals surface area contributed by atoms with Crippen molar-refractivity contribution in [3.8, 4) is 0 Å². The molecule has 0 fully saturated rings. The summed E-state index contributed by atoms with van der Waals surface area (Å²) >= 11 is 0. The summed E-state index contributed by atoms with van der Waals surface area (Å²) in [5, 5.41) is 9.62. The average Bonchev–Trinajstić information content (AvgIpc) is 2.47. The third-order valence-corrected chi connectivity index (χ3v) is 4.23. The molecule has 0 aromatic rings. The second-order valence-electron chi connectivity index (χ2n) is 6.24. The van der Waals surface area contributed by atoms with Crippen LogP contribution in [0.15, 0.2) is 11.6 Å². The fraction of sp³-hybridized carbons (Fsp3) is 0.867. The molecule has 1 rings (SSSR count). The fourth-order valence-corrected chi connectivity index (χ4v) is 3.21. The molecular formula is C15H28O. The average molecular weight is 224 g/mol. The maximum absolute atomic E-state index is 9.62. The first-order chi connectivity index (χ1) is 7.36. The number of hydrogen-bond donors (Lipinski definition) is 1. The van der Waals surface area contributed by atoms with Crippen LogP contribution in [0.2, 0.25) is 0 Å². The second-order valence-corrected chi connectivity index (χ2v) is 6.24. The van der Waals surface area contributed by atoms with E-state index in [-0.39, 0.29) is 6.10 Å². The molecule has 0 aliphatic heterocycles. The highest BCUT2D eigenvalue weighted by Crippen LogP contribution is 2.45. The Bertz CT molecular complexity index is 252. The van der Waals surface area contributed by atoms with Crippen LogP contribution >= 0.6 is 0 Å². The van der Waals surface area contributed by atoms with Crippen molar-refractivity contribution in [3.05, 3.63) is 11.6 Å². The van der Waals surface area contributed by atoms with E-state index in [1.165, 1.54) is 12.0 Å². The minimum absolute atomic E-state index is 0.0963. The van der Waals surface area contributed by atoms with Gasteiger partial charge in [0.15, 0.2) is 0 Å². The highest BCUT2D eigenvalue weighted by molar-refractivity contribution is 5.16. The Balaban J connectivity index is 2.47. The molecule has 1 N–H and O–H groups in total. The Labute approximate surface area is 101 Å². The molecule has 0 amide bonds. The predicted octanol–water partition coefficient (Wildman–Crippen LogP) is 4.17. The summed E-state index contributed by atoms with van der Waals surface area (Å²) in [7, 11) is 0. The van der Waals surface area contributed by atoms with Gasteiger partial charge in [-0.05, 0) is 49.9 Å². The largest absolute Gasteiger partial charge is 0.393 e. The SMILES string of the molecule is CCC(O)CCC(C)C1CC(C)=CC1(C)C. The minimum atomic E-state index is -0.0963. The summed E-state index contributed by atoms with van der Waals surface area (Å²) in [6, 6.07) is 0. The van der Waals surface area contributed by atoms with Gasteiger partial charge < -0.3 is 5.11 Å². The van der Waals surface area contributed by atoms with E-state index in [1.54, 1.807) is 0 Å². The van der Waals surface area contributed by atoms with Crippen molar-refractivity contribution in [2.45, 2.75) is 66.4 Å². The summed E-state index contributed by atoms with van der Waals surface area (Å²) in [6.07, 6.45) is 6.59. The van der Waals surface area contributed by atoms with E-state index in [0.717, 1.165) is 25.2 Å². The van der Waals surface area contributed by atoms with E-state index in [0.29, 0.717) is 11.3 Å². The van der Waals surface area contributed by atoms with Crippen molar-refractivity contribution in [2.24, 2.45) is 17.3 Å². The van der Waals surface area contributed by atoms with Crippen LogP contribution in [0.3, 0.4) is 0 Å². The van der Waals surface area contributed by atoms with Gasteiger partial charge in [0.25, 0.3) is 0 Å². The van der Waals surface area contributed by atoms with Gasteiger partial charge in [-0.2, -0.15) is 0 Å². The van der Waals surface area contributed by atoms with Gasteiger partial charge in [0, 0.05) is 0 Å². The summed E-state index contributed by atoms with van der Waals surface area (Å²) in [4.78, 5) is 0.